The number of carbonyl (C=O) groups excluding carboxylic acids is 1. The zero-order chi connectivity index (χ0) is 16.9. The van der Waals surface area contributed by atoms with Gasteiger partial charge in [-0.05, 0) is 47.5 Å². The molecule has 0 fully saturated rings. The van der Waals surface area contributed by atoms with Crippen molar-refractivity contribution in [3.63, 3.8) is 0 Å². The van der Waals surface area contributed by atoms with Crippen molar-refractivity contribution in [1.29, 1.82) is 0 Å². The summed E-state index contributed by atoms with van der Waals surface area (Å²) in [7, 11) is 1.62. The molecule has 0 unspecified atom stereocenters. The van der Waals surface area contributed by atoms with Crippen LogP contribution in [0.2, 0.25) is 0 Å². The van der Waals surface area contributed by atoms with Gasteiger partial charge in [0.2, 0.25) is 5.90 Å². The van der Waals surface area contributed by atoms with E-state index in [0.717, 1.165) is 21.3 Å². The molecule has 0 aliphatic carbocycles. The molecule has 120 valence electrons. The second-order valence-electron chi connectivity index (χ2n) is 5.03. The van der Waals surface area contributed by atoms with E-state index in [1.165, 1.54) is 0 Å². The Labute approximate surface area is 148 Å². The minimum absolute atomic E-state index is 0.275. The van der Waals surface area contributed by atoms with Crippen LogP contribution in [0.1, 0.15) is 11.1 Å². The Kier molecular flexibility index (Phi) is 4.91. The predicted octanol–water partition coefficient (Wildman–Crippen LogP) is 4.47. The van der Waals surface area contributed by atoms with Crippen LogP contribution in [-0.2, 0) is 9.53 Å². The van der Waals surface area contributed by atoms with E-state index in [1.807, 2.05) is 54.6 Å². The molecule has 24 heavy (non-hydrogen) atoms. The lowest BCUT2D eigenvalue weighted by Gasteiger charge is -1.98. The topological polar surface area (TPSA) is 47.9 Å². The number of nitrogens with zero attached hydrogens (tertiary/aromatic N) is 1. The monoisotopic (exact) mass is 383 g/mol. The van der Waals surface area contributed by atoms with Crippen molar-refractivity contribution in [3.05, 3.63) is 75.9 Å². The minimum Gasteiger partial charge on any atom is -0.497 e. The summed E-state index contributed by atoms with van der Waals surface area (Å²) in [5.74, 6) is 0.609. The van der Waals surface area contributed by atoms with Crippen LogP contribution in [-0.4, -0.2) is 19.0 Å². The molecular weight excluding hydrogens is 370 g/mol. The second-order valence-corrected chi connectivity index (χ2v) is 5.95. The Balaban J connectivity index is 1.77. The van der Waals surface area contributed by atoms with Gasteiger partial charge in [0.25, 0.3) is 0 Å². The molecule has 5 heteroatoms. The number of esters is 1. The number of hydrogen-bond donors (Lipinski definition) is 0. The Morgan fingerprint density at radius 1 is 1.08 bits per heavy atom. The lowest BCUT2D eigenvalue weighted by molar-refractivity contribution is -0.129. The first-order valence-corrected chi connectivity index (χ1v) is 8.03. The van der Waals surface area contributed by atoms with Crippen LogP contribution in [0.3, 0.4) is 0 Å². The SMILES string of the molecule is COc1ccc(C=CC2=NC(=Cc3cccc(Br)c3)C(=O)O2)cc1. The number of methoxy groups -OCH3 is 1. The van der Waals surface area contributed by atoms with E-state index in [-0.39, 0.29) is 11.6 Å². The highest BCUT2D eigenvalue weighted by molar-refractivity contribution is 9.10. The van der Waals surface area contributed by atoms with Crippen LogP contribution in [0.15, 0.2) is 69.8 Å². The Bertz CT molecular complexity index is 851. The van der Waals surface area contributed by atoms with Crippen molar-refractivity contribution in [1.82, 2.24) is 0 Å². The molecule has 3 rings (SSSR count). The Morgan fingerprint density at radius 2 is 1.88 bits per heavy atom. The molecule has 0 spiro atoms. The summed E-state index contributed by atoms with van der Waals surface area (Å²) in [5, 5.41) is 0. The maximum Gasteiger partial charge on any atom is 0.363 e. The number of benzene rings is 2. The van der Waals surface area contributed by atoms with Crippen LogP contribution >= 0.6 is 15.9 Å². The van der Waals surface area contributed by atoms with Gasteiger partial charge in [0.05, 0.1) is 7.11 Å². The van der Waals surface area contributed by atoms with Crippen molar-refractivity contribution in [2.24, 2.45) is 4.99 Å². The maximum absolute atomic E-state index is 11.9. The van der Waals surface area contributed by atoms with Crippen molar-refractivity contribution < 1.29 is 14.3 Å². The highest BCUT2D eigenvalue weighted by Gasteiger charge is 2.21. The molecule has 0 N–H and O–H groups in total. The van der Waals surface area contributed by atoms with Gasteiger partial charge in [-0.15, -0.1) is 0 Å². The Hall–Kier alpha value is -2.66. The first-order valence-electron chi connectivity index (χ1n) is 7.24. The van der Waals surface area contributed by atoms with Gasteiger partial charge < -0.3 is 9.47 Å². The van der Waals surface area contributed by atoms with Gasteiger partial charge in [0.15, 0.2) is 5.70 Å². The molecule has 2 aromatic carbocycles. The zero-order valence-corrected chi connectivity index (χ0v) is 14.5. The molecule has 0 aromatic heterocycles. The second kappa shape index (κ2) is 7.27. The standard InChI is InChI=1S/C19H14BrNO3/c1-23-16-8-5-13(6-9-16)7-10-18-21-17(19(22)24-18)12-14-3-2-4-15(20)11-14/h2-12H,1H3. The van der Waals surface area contributed by atoms with Crippen molar-refractivity contribution in [2.45, 2.75) is 0 Å². The third-order valence-corrected chi connectivity index (χ3v) is 3.82. The van der Waals surface area contributed by atoms with Crippen molar-refractivity contribution >= 4 is 39.9 Å². The summed E-state index contributed by atoms with van der Waals surface area (Å²) in [6.07, 6.45) is 5.19. The molecule has 0 amide bonds. The van der Waals surface area contributed by atoms with Crippen LogP contribution < -0.4 is 4.74 Å². The largest absolute Gasteiger partial charge is 0.497 e. The van der Waals surface area contributed by atoms with Gasteiger partial charge in [0.1, 0.15) is 5.75 Å². The highest BCUT2D eigenvalue weighted by atomic mass is 79.9. The molecule has 1 aliphatic heterocycles. The third kappa shape index (κ3) is 4.00. The first-order chi connectivity index (χ1) is 11.6. The van der Waals surface area contributed by atoms with E-state index >= 15 is 0 Å². The van der Waals surface area contributed by atoms with Gasteiger partial charge in [-0.1, -0.05) is 40.2 Å². The first kappa shape index (κ1) is 16.2. The molecule has 0 saturated heterocycles. The summed E-state index contributed by atoms with van der Waals surface area (Å²) in [6.45, 7) is 0. The molecule has 0 radical (unpaired) electrons. The van der Waals surface area contributed by atoms with Crippen molar-refractivity contribution in [3.8, 4) is 5.75 Å². The fourth-order valence-corrected chi connectivity index (χ4v) is 2.55. The highest BCUT2D eigenvalue weighted by Crippen LogP contribution is 2.19. The van der Waals surface area contributed by atoms with Crippen molar-refractivity contribution in [2.75, 3.05) is 7.11 Å². The normalized spacial score (nSPS) is 15.7. The number of halogens is 1. The van der Waals surface area contributed by atoms with Gasteiger partial charge in [-0.25, -0.2) is 9.79 Å². The summed E-state index contributed by atoms with van der Waals surface area (Å²) in [6, 6.07) is 15.1. The average molecular weight is 384 g/mol. The number of ether oxygens (including phenoxy) is 2. The summed E-state index contributed by atoms with van der Waals surface area (Å²) in [4.78, 5) is 16.1. The van der Waals surface area contributed by atoms with E-state index in [1.54, 1.807) is 19.3 Å². The number of cyclic esters (lactones) is 1. The summed E-state index contributed by atoms with van der Waals surface area (Å²) in [5.41, 5.74) is 2.11. The van der Waals surface area contributed by atoms with E-state index < -0.39 is 5.97 Å². The minimum atomic E-state index is -0.454. The average Bonchev–Trinajstić information content (AvgIpc) is 2.93. The van der Waals surface area contributed by atoms with Crippen LogP contribution in [0.4, 0.5) is 0 Å². The zero-order valence-electron chi connectivity index (χ0n) is 12.9. The fourth-order valence-electron chi connectivity index (χ4n) is 2.13. The lowest BCUT2D eigenvalue weighted by Crippen LogP contribution is -2.01. The Morgan fingerprint density at radius 3 is 2.58 bits per heavy atom. The van der Waals surface area contributed by atoms with E-state index in [9.17, 15) is 4.79 Å². The summed E-state index contributed by atoms with van der Waals surface area (Å²) >= 11 is 3.40. The smallest absolute Gasteiger partial charge is 0.363 e. The molecule has 1 heterocycles. The predicted molar refractivity (Wildman–Crippen MR) is 97.7 cm³/mol. The maximum atomic E-state index is 11.9. The quantitative estimate of drug-likeness (QED) is 0.578. The van der Waals surface area contributed by atoms with E-state index in [4.69, 9.17) is 9.47 Å². The molecular formula is C19H14BrNO3. The van der Waals surface area contributed by atoms with Gasteiger partial charge >= 0.3 is 5.97 Å². The van der Waals surface area contributed by atoms with Gasteiger partial charge in [-0.3, -0.25) is 0 Å². The van der Waals surface area contributed by atoms with Gasteiger partial charge in [-0.2, -0.15) is 0 Å². The number of hydrogen-bond acceptors (Lipinski definition) is 4. The molecule has 0 saturated carbocycles. The molecule has 2 aromatic rings. The third-order valence-electron chi connectivity index (χ3n) is 3.32. The van der Waals surface area contributed by atoms with Crippen LogP contribution in [0.5, 0.6) is 5.75 Å². The molecule has 0 atom stereocenters. The fraction of sp³-hybridized carbons (Fsp3) is 0.0526. The van der Waals surface area contributed by atoms with Gasteiger partial charge in [0, 0.05) is 10.5 Å². The number of carbonyl (C=O) groups is 1. The van der Waals surface area contributed by atoms with Crippen LogP contribution in [0, 0.1) is 0 Å². The number of aliphatic imine (C=N–C) groups is 1. The van der Waals surface area contributed by atoms with Crippen LogP contribution in [0.25, 0.3) is 12.2 Å². The molecule has 4 nitrogen and oxygen atoms in total. The lowest BCUT2D eigenvalue weighted by atomic mass is 10.2. The molecule has 1 aliphatic rings. The summed E-state index contributed by atoms with van der Waals surface area (Å²) < 4.78 is 11.2. The molecule has 0 bridgehead atoms. The van der Waals surface area contributed by atoms with E-state index in [0.29, 0.717) is 0 Å². The van der Waals surface area contributed by atoms with E-state index in [2.05, 4.69) is 20.9 Å². The number of rotatable bonds is 4.